The zero-order valence-electron chi connectivity index (χ0n) is 11.0. The minimum Gasteiger partial charge on any atom is -0.433 e. The van der Waals surface area contributed by atoms with Crippen LogP contribution in [0.2, 0.25) is 0 Å². The highest BCUT2D eigenvalue weighted by atomic mass is 32.2. The van der Waals surface area contributed by atoms with Gasteiger partial charge in [0.05, 0.1) is 5.75 Å². The standard InChI is InChI=1S/C12H17F2NO4S/c1-12(13,14)19-11-5-3-10(4-6-11)9-15-7-2-8-20(16,17)18/h3-6,15H,2,7-9H2,1H3,(H,16,17,18). The number of rotatable bonds is 8. The van der Waals surface area contributed by atoms with Gasteiger partial charge in [-0.15, -0.1) is 0 Å². The molecule has 0 aliphatic carbocycles. The van der Waals surface area contributed by atoms with E-state index in [2.05, 4.69) is 10.1 Å². The largest absolute Gasteiger partial charge is 0.433 e. The molecule has 1 aromatic carbocycles. The van der Waals surface area contributed by atoms with Gasteiger partial charge >= 0.3 is 6.11 Å². The molecule has 0 fully saturated rings. The average molecular weight is 309 g/mol. The van der Waals surface area contributed by atoms with Crippen LogP contribution in [0.1, 0.15) is 18.9 Å². The van der Waals surface area contributed by atoms with E-state index < -0.39 is 16.2 Å². The monoisotopic (exact) mass is 309 g/mol. The van der Waals surface area contributed by atoms with Gasteiger partial charge in [0.25, 0.3) is 10.1 Å². The van der Waals surface area contributed by atoms with Crippen molar-refractivity contribution in [3.8, 4) is 5.75 Å². The second-order valence-electron chi connectivity index (χ2n) is 4.37. The topological polar surface area (TPSA) is 75.6 Å². The van der Waals surface area contributed by atoms with Crippen LogP contribution in [0.4, 0.5) is 8.78 Å². The maximum Gasteiger partial charge on any atom is 0.394 e. The molecule has 1 aromatic rings. The van der Waals surface area contributed by atoms with E-state index in [0.717, 1.165) is 5.56 Å². The van der Waals surface area contributed by atoms with Crippen molar-refractivity contribution >= 4 is 10.1 Å². The van der Waals surface area contributed by atoms with E-state index in [1.807, 2.05) is 0 Å². The molecule has 2 N–H and O–H groups in total. The second kappa shape index (κ2) is 6.96. The van der Waals surface area contributed by atoms with Gasteiger partial charge in [0.2, 0.25) is 0 Å². The summed E-state index contributed by atoms with van der Waals surface area (Å²) in [6, 6.07) is 6.15. The van der Waals surface area contributed by atoms with Gasteiger partial charge in [0, 0.05) is 13.5 Å². The van der Waals surface area contributed by atoms with Crippen molar-refractivity contribution in [2.45, 2.75) is 26.0 Å². The van der Waals surface area contributed by atoms with Crippen molar-refractivity contribution in [1.82, 2.24) is 5.32 Å². The molecule has 0 unspecified atom stereocenters. The Hall–Kier alpha value is -1.25. The molecule has 0 aliphatic heterocycles. The Balaban J connectivity index is 2.32. The minimum absolute atomic E-state index is 0.0765. The lowest BCUT2D eigenvalue weighted by atomic mass is 10.2. The molecule has 0 aliphatic rings. The van der Waals surface area contributed by atoms with Crippen molar-refractivity contribution in [2.75, 3.05) is 12.3 Å². The molecule has 0 spiro atoms. The van der Waals surface area contributed by atoms with Crippen molar-refractivity contribution < 1.29 is 26.5 Å². The van der Waals surface area contributed by atoms with Crippen LogP contribution in [0.15, 0.2) is 24.3 Å². The summed E-state index contributed by atoms with van der Waals surface area (Å²) in [6.45, 7) is 1.55. The SMILES string of the molecule is CC(F)(F)Oc1ccc(CNCCCS(=O)(=O)O)cc1. The van der Waals surface area contributed by atoms with E-state index >= 15 is 0 Å². The highest BCUT2D eigenvalue weighted by Crippen LogP contribution is 2.21. The van der Waals surface area contributed by atoms with E-state index in [4.69, 9.17) is 4.55 Å². The molecule has 0 saturated heterocycles. The van der Waals surface area contributed by atoms with Crippen LogP contribution in [-0.4, -0.2) is 31.4 Å². The first kappa shape index (κ1) is 16.8. The van der Waals surface area contributed by atoms with Crippen LogP contribution in [0.3, 0.4) is 0 Å². The van der Waals surface area contributed by atoms with E-state index in [0.29, 0.717) is 26.4 Å². The number of benzene rings is 1. The number of ether oxygens (including phenoxy) is 1. The first-order valence-electron chi connectivity index (χ1n) is 5.97. The molecule has 0 atom stereocenters. The predicted octanol–water partition coefficient (Wildman–Crippen LogP) is 2.05. The molecule has 0 saturated carbocycles. The highest BCUT2D eigenvalue weighted by Gasteiger charge is 2.22. The maximum absolute atomic E-state index is 12.6. The van der Waals surface area contributed by atoms with E-state index in [1.54, 1.807) is 12.1 Å². The smallest absolute Gasteiger partial charge is 0.394 e. The Bertz CT molecular complexity index is 511. The summed E-state index contributed by atoms with van der Waals surface area (Å²) >= 11 is 0. The van der Waals surface area contributed by atoms with Gasteiger partial charge in [-0.2, -0.15) is 17.2 Å². The van der Waals surface area contributed by atoms with Gasteiger partial charge in [-0.1, -0.05) is 12.1 Å². The quantitative estimate of drug-likeness (QED) is 0.568. The van der Waals surface area contributed by atoms with Crippen LogP contribution >= 0.6 is 0 Å². The van der Waals surface area contributed by atoms with Gasteiger partial charge in [0.15, 0.2) is 0 Å². The van der Waals surface area contributed by atoms with E-state index in [1.165, 1.54) is 12.1 Å². The summed E-state index contributed by atoms with van der Waals surface area (Å²) in [5, 5.41) is 2.98. The average Bonchev–Trinajstić information content (AvgIpc) is 2.27. The van der Waals surface area contributed by atoms with Gasteiger partial charge in [-0.25, -0.2) is 0 Å². The Morgan fingerprint density at radius 3 is 2.40 bits per heavy atom. The lowest BCUT2D eigenvalue weighted by molar-refractivity contribution is -0.158. The van der Waals surface area contributed by atoms with Crippen molar-refractivity contribution in [1.29, 1.82) is 0 Å². The Labute approximate surface area is 116 Å². The summed E-state index contributed by atoms with van der Waals surface area (Å²) < 4.78 is 59.0. The highest BCUT2D eigenvalue weighted by molar-refractivity contribution is 7.85. The van der Waals surface area contributed by atoms with Gasteiger partial charge in [0.1, 0.15) is 5.75 Å². The Kier molecular flexibility index (Phi) is 5.85. The lowest BCUT2D eigenvalue weighted by Crippen LogP contribution is -2.19. The first-order valence-corrected chi connectivity index (χ1v) is 7.58. The van der Waals surface area contributed by atoms with Gasteiger partial charge < -0.3 is 10.1 Å². The molecule has 0 heterocycles. The lowest BCUT2D eigenvalue weighted by Gasteiger charge is -2.13. The molecule has 0 amide bonds. The Morgan fingerprint density at radius 2 is 1.90 bits per heavy atom. The molecule has 0 radical (unpaired) electrons. The zero-order chi connectivity index (χ0) is 15.2. The normalized spacial score (nSPS) is 12.4. The first-order chi connectivity index (χ1) is 9.16. The molecular formula is C12H17F2NO4S. The molecule has 20 heavy (non-hydrogen) atoms. The third-order valence-corrected chi connectivity index (χ3v) is 3.11. The number of hydrogen-bond acceptors (Lipinski definition) is 4. The molecule has 1 rings (SSSR count). The van der Waals surface area contributed by atoms with Gasteiger partial charge in [-0.05, 0) is 30.7 Å². The van der Waals surface area contributed by atoms with Crippen LogP contribution in [-0.2, 0) is 16.7 Å². The molecule has 5 nitrogen and oxygen atoms in total. The molecule has 8 heteroatoms. The second-order valence-corrected chi connectivity index (χ2v) is 5.94. The van der Waals surface area contributed by atoms with E-state index in [9.17, 15) is 17.2 Å². The summed E-state index contributed by atoms with van der Waals surface area (Å²) in [5.74, 6) is -0.217. The summed E-state index contributed by atoms with van der Waals surface area (Å²) in [6.07, 6.45) is -2.92. The van der Waals surface area contributed by atoms with Crippen molar-refractivity contribution in [3.05, 3.63) is 29.8 Å². The Morgan fingerprint density at radius 1 is 1.30 bits per heavy atom. The number of halogens is 2. The maximum atomic E-state index is 12.6. The summed E-state index contributed by atoms with van der Waals surface area (Å²) in [5.41, 5.74) is 0.851. The third-order valence-electron chi connectivity index (χ3n) is 2.31. The van der Waals surface area contributed by atoms with Crippen LogP contribution in [0.25, 0.3) is 0 Å². The zero-order valence-corrected chi connectivity index (χ0v) is 11.8. The fourth-order valence-corrected chi connectivity index (χ4v) is 2.00. The molecule has 114 valence electrons. The van der Waals surface area contributed by atoms with Crippen LogP contribution < -0.4 is 10.1 Å². The van der Waals surface area contributed by atoms with Crippen LogP contribution in [0, 0.1) is 0 Å². The minimum atomic E-state index is -3.92. The van der Waals surface area contributed by atoms with Crippen LogP contribution in [0.5, 0.6) is 5.75 Å². The van der Waals surface area contributed by atoms with Gasteiger partial charge in [-0.3, -0.25) is 4.55 Å². The third kappa shape index (κ3) is 8.03. The predicted molar refractivity (Wildman–Crippen MR) is 70.4 cm³/mol. The fourth-order valence-electron chi connectivity index (χ4n) is 1.49. The van der Waals surface area contributed by atoms with Crippen molar-refractivity contribution in [3.63, 3.8) is 0 Å². The molecule has 0 bridgehead atoms. The van der Waals surface area contributed by atoms with E-state index in [-0.39, 0.29) is 11.5 Å². The number of nitrogens with one attached hydrogen (secondary N) is 1. The number of alkyl halides is 2. The van der Waals surface area contributed by atoms with Crippen molar-refractivity contribution in [2.24, 2.45) is 0 Å². The fraction of sp³-hybridized carbons (Fsp3) is 0.500. The summed E-state index contributed by atoms with van der Waals surface area (Å²) in [4.78, 5) is 0. The molecule has 0 aromatic heterocycles. The summed E-state index contributed by atoms with van der Waals surface area (Å²) in [7, 11) is -3.92. The molecular weight excluding hydrogens is 292 g/mol. The number of hydrogen-bond donors (Lipinski definition) is 2.